The predicted octanol–water partition coefficient (Wildman–Crippen LogP) is 5.10. The molecule has 2 rings (SSSR count). The zero-order valence-corrected chi connectivity index (χ0v) is 24.4. The first-order chi connectivity index (χ1) is 17.9. The first-order valence-corrected chi connectivity index (χ1v) is 14.2. The number of benzene rings is 2. The topological polar surface area (TPSA) is 108 Å². The van der Waals surface area contributed by atoms with E-state index in [9.17, 15) is 19.5 Å². The predicted molar refractivity (Wildman–Crippen MR) is 154 cm³/mol. The molecule has 0 saturated heterocycles. The quantitative estimate of drug-likeness (QED) is 0.351. The van der Waals surface area contributed by atoms with Gasteiger partial charge in [-0.2, -0.15) is 11.8 Å². The van der Waals surface area contributed by atoms with Gasteiger partial charge in [-0.25, -0.2) is 4.79 Å². The number of amides is 3. The van der Waals surface area contributed by atoms with Gasteiger partial charge in [0.25, 0.3) is 5.91 Å². The molecule has 0 aromatic heterocycles. The zero-order chi connectivity index (χ0) is 28.5. The summed E-state index contributed by atoms with van der Waals surface area (Å²) in [6.07, 6.45) is 1.48. The molecule has 0 bridgehead atoms. The smallest absolute Gasteiger partial charge is 0.408 e. The van der Waals surface area contributed by atoms with E-state index < -0.39 is 35.6 Å². The third kappa shape index (κ3) is 9.22. The van der Waals surface area contributed by atoms with Crippen molar-refractivity contribution in [3.05, 3.63) is 64.2 Å². The summed E-state index contributed by atoms with van der Waals surface area (Å²) >= 11 is 7.89. The van der Waals surface area contributed by atoms with Crippen LogP contribution < -0.4 is 10.6 Å². The summed E-state index contributed by atoms with van der Waals surface area (Å²) in [4.78, 5) is 41.6. The van der Waals surface area contributed by atoms with E-state index in [-0.39, 0.29) is 13.2 Å². The van der Waals surface area contributed by atoms with Crippen LogP contribution in [0.15, 0.2) is 42.5 Å². The number of rotatable bonds is 11. The standard InChI is InChI=1S/C28H38ClN3O5S/c1-18-10-12-20(13-11-18)24(25(34)31-23-19(2)8-7-9-21(23)29)32(15-16-33)26(35)22(14-17-38-6)30-27(36)37-28(3,4)5/h7-13,22,24,33H,14-17H2,1-6H3,(H,30,36)(H,31,34). The second-order valence-electron chi connectivity index (χ2n) is 9.97. The normalized spacial score (nSPS) is 12.8. The number of aliphatic hydroxyl groups excluding tert-OH is 1. The number of hydrogen-bond acceptors (Lipinski definition) is 6. The Labute approximate surface area is 234 Å². The molecule has 0 fully saturated rings. The van der Waals surface area contributed by atoms with Crippen LogP contribution >= 0.6 is 23.4 Å². The lowest BCUT2D eigenvalue weighted by atomic mass is 10.0. The van der Waals surface area contributed by atoms with Crippen LogP contribution in [0.1, 0.15) is 49.9 Å². The molecule has 8 nitrogen and oxygen atoms in total. The number of carbonyl (C=O) groups excluding carboxylic acids is 3. The molecular formula is C28H38ClN3O5S. The zero-order valence-electron chi connectivity index (χ0n) is 22.8. The fourth-order valence-corrected chi connectivity index (χ4v) is 4.56. The van der Waals surface area contributed by atoms with Crippen molar-refractivity contribution in [2.24, 2.45) is 0 Å². The SMILES string of the molecule is CSCCC(NC(=O)OC(C)(C)C)C(=O)N(CCO)C(C(=O)Nc1c(C)cccc1Cl)c1ccc(C)cc1. The summed E-state index contributed by atoms with van der Waals surface area (Å²) in [5.41, 5.74) is 2.00. The number of halogens is 1. The highest BCUT2D eigenvalue weighted by atomic mass is 35.5. The Morgan fingerprint density at radius 2 is 1.76 bits per heavy atom. The lowest BCUT2D eigenvalue weighted by Gasteiger charge is -2.34. The van der Waals surface area contributed by atoms with Gasteiger partial charge in [0.1, 0.15) is 17.7 Å². The van der Waals surface area contributed by atoms with Crippen molar-refractivity contribution >= 4 is 47.0 Å². The van der Waals surface area contributed by atoms with Crippen LogP contribution in [0.3, 0.4) is 0 Å². The molecule has 0 aliphatic heterocycles. The molecule has 0 aliphatic carbocycles. The third-order valence-electron chi connectivity index (χ3n) is 5.65. The van der Waals surface area contributed by atoms with E-state index in [2.05, 4.69) is 10.6 Å². The van der Waals surface area contributed by atoms with Gasteiger partial charge in [0, 0.05) is 6.54 Å². The van der Waals surface area contributed by atoms with Gasteiger partial charge in [-0.05, 0) is 70.2 Å². The minimum atomic E-state index is -1.09. The Morgan fingerprint density at radius 3 is 2.32 bits per heavy atom. The molecule has 2 atom stereocenters. The molecule has 38 heavy (non-hydrogen) atoms. The average Bonchev–Trinajstić information content (AvgIpc) is 2.83. The fourth-order valence-electron chi connectivity index (χ4n) is 3.82. The Kier molecular flexibility index (Phi) is 11.9. The molecule has 0 heterocycles. The van der Waals surface area contributed by atoms with Crippen molar-refractivity contribution in [3.63, 3.8) is 0 Å². The van der Waals surface area contributed by atoms with E-state index in [4.69, 9.17) is 16.3 Å². The van der Waals surface area contributed by atoms with E-state index in [1.807, 2.05) is 38.3 Å². The molecule has 208 valence electrons. The number of anilines is 1. The fraction of sp³-hybridized carbons (Fsp3) is 0.464. The van der Waals surface area contributed by atoms with Crippen LogP contribution in [0.5, 0.6) is 0 Å². The monoisotopic (exact) mass is 563 g/mol. The number of ether oxygens (including phenoxy) is 1. The Morgan fingerprint density at radius 1 is 1.11 bits per heavy atom. The average molecular weight is 564 g/mol. The lowest BCUT2D eigenvalue weighted by molar-refractivity contribution is -0.141. The van der Waals surface area contributed by atoms with Gasteiger partial charge in [0.2, 0.25) is 5.91 Å². The second kappa shape index (κ2) is 14.4. The maximum absolute atomic E-state index is 13.9. The molecule has 0 spiro atoms. The number of para-hydroxylation sites is 1. The molecule has 3 N–H and O–H groups in total. The maximum atomic E-state index is 13.9. The molecule has 0 aliphatic rings. The molecular weight excluding hydrogens is 526 g/mol. The van der Waals surface area contributed by atoms with Crippen LogP contribution in [0, 0.1) is 13.8 Å². The van der Waals surface area contributed by atoms with E-state index >= 15 is 0 Å². The van der Waals surface area contributed by atoms with E-state index in [0.717, 1.165) is 11.1 Å². The number of nitrogens with one attached hydrogen (secondary N) is 2. The Hall–Kier alpha value is -2.75. The molecule has 3 amide bonds. The number of hydrogen-bond donors (Lipinski definition) is 3. The van der Waals surface area contributed by atoms with Crippen molar-refractivity contribution in [2.75, 3.05) is 30.5 Å². The van der Waals surface area contributed by atoms with Crippen molar-refractivity contribution in [1.29, 1.82) is 0 Å². The largest absolute Gasteiger partial charge is 0.444 e. The van der Waals surface area contributed by atoms with Gasteiger partial charge in [-0.1, -0.05) is 53.6 Å². The summed E-state index contributed by atoms with van der Waals surface area (Å²) in [7, 11) is 0. The summed E-state index contributed by atoms with van der Waals surface area (Å²) in [5.74, 6) is -0.414. The van der Waals surface area contributed by atoms with Gasteiger partial charge < -0.3 is 25.4 Å². The number of carbonyl (C=O) groups is 3. The van der Waals surface area contributed by atoms with Crippen molar-refractivity contribution < 1.29 is 24.2 Å². The van der Waals surface area contributed by atoms with E-state index in [0.29, 0.717) is 28.4 Å². The molecule has 10 heteroatoms. The maximum Gasteiger partial charge on any atom is 0.408 e. The number of thioether (sulfide) groups is 1. The number of alkyl carbamates (subject to hydrolysis) is 1. The van der Waals surface area contributed by atoms with Crippen molar-refractivity contribution in [3.8, 4) is 0 Å². The third-order valence-corrected chi connectivity index (χ3v) is 6.61. The minimum absolute atomic E-state index is 0.127. The summed E-state index contributed by atoms with van der Waals surface area (Å²) in [5, 5.41) is 15.8. The molecule has 2 unspecified atom stereocenters. The molecule has 2 aromatic carbocycles. The summed E-state index contributed by atoms with van der Waals surface area (Å²) < 4.78 is 5.38. The lowest BCUT2D eigenvalue weighted by Crippen LogP contribution is -2.53. The highest BCUT2D eigenvalue weighted by molar-refractivity contribution is 7.98. The van der Waals surface area contributed by atoms with Crippen LogP contribution in [0.2, 0.25) is 5.02 Å². The van der Waals surface area contributed by atoms with E-state index in [1.165, 1.54) is 16.7 Å². The van der Waals surface area contributed by atoms with Gasteiger partial charge >= 0.3 is 6.09 Å². The van der Waals surface area contributed by atoms with Gasteiger partial charge in [-0.3, -0.25) is 9.59 Å². The molecule has 0 saturated carbocycles. The highest BCUT2D eigenvalue weighted by Gasteiger charge is 2.36. The van der Waals surface area contributed by atoms with Crippen LogP contribution in [-0.4, -0.2) is 64.7 Å². The van der Waals surface area contributed by atoms with Gasteiger partial charge in [0.15, 0.2) is 0 Å². The van der Waals surface area contributed by atoms with Crippen molar-refractivity contribution in [2.45, 2.75) is 58.7 Å². The first-order valence-electron chi connectivity index (χ1n) is 12.4. The minimum Gasteiger partial charge on any atom is -0.444 e. The van der Waals surface area contributed by atoms with Gasteiger partial charge in [0.05, 0.1) is 17.3 Å². The highest BCUT2D eigenvalue weighted by Crippen LogP contribution is 2.29. The van der Waals surface area contributed by atoms with Crippen molar-refractivity contribution in [1.82, 2.24) is 10.2 Å². The van der Waals surface area contributed by atoms with Crippen LogP contribution in [0.25, 0.3) is 0 Å². The first kappa shape index (κ1) is 31.5. The molecule has 2 aromatic rings. The Balaban J connectivity index is 2.51. The Bertz CT molecular complexity index is 1080. The number of aliphatic hydroxyl groups is 1. The van der Waals surface area contributed by atoms with Crippen LogP contribution in [-0.2, 0) is 14.3 Å². The van der Waals surface area contributed by atoms with E-state index in [1.54, 1.807) is 45.0 Å². The number of aryl methyl sites for hydroxylation is 2. The number of nitrogens with zero attached hydrogens (tertiary/aromatic N) is 1. The van der Waals surface area contributed by atoms with Gasteiger partial charge in [-0.15, -0.1) is 0 Å². The second-order valence-corrected chi connectivity index (χ2v) is 11.4. The summed E-state index contributed by atoms with van der Waals surface area (Å²) in [6.45, 7) is 8.44. The molecule has 0 radical (unpaired) electrons. The summed E-state index contributed by atoms with van der Waals surface area (Å²) in [6, 6.07) is 10.5. The van der Waals surface area contributed by atoms with Crippen LogP contribution in [0.4, 0.5) is 10.5 Å².